The highest BCUT2D eigenvalue weighted by Crippen LogP contribution is 2.37. The molecular weight excluding hydrogens is 260 g/mol. The molecule has 0 aromatic carbocycles. The summed E-state index contributed by atoms with van der Waals surface area (Å²) in [7, 11) is 0. The molecule has 1 aliphatic rings. The third-order valence-corrected chi connectivity index (χ3v) is 3.63. The Kier molecular flexibility index (Phi) is 6.48. The summed E-state index contributed by atoms with van der Waals surface area (Å²) in [6.07, 6.45) is 2.43. The molecule has 3 N–H and O–H groups in total. The lowest BCUT2D eigenvalue weighted by molar-refractivity contribution is -0.142. The van der Waals surface area contributed by atoms with Gasteiger partial charge in [-0.25, -0.2) is 0 Å². The van der Waals surface area contributed by atoms with E-state index in [1.807, 2.05) is 13.8 Å². The Labute approximate surface area is 119 Å². The number of hydrogen-bond donors (Lipinski definition) is 3. The van der Waals surface area contributed by atoms with Crippen LogP contribution in [0.2, 0.25) is 0 Å². The largest absolute Gasteiger partial charge is 0.481 e. The molecule has 3 atom stereocenters. The molecule has 1 rings (SSSR count). The van der Waals surface area contributed by atoms with Crippen LogP contribution in [0.25, 0.3) is 0 Å². The number of carboxylic acids is 1. The van der Waals surface area contributed by atoms with Gasteiger partial charge in [-0.1, -0.05) is 20.3 Å². The molecule has 6 nitrogen and oxygen atoms in total. The van der Waals surface area contributed by atoms with Crippen molar-refractivity contribution in [3.05, 3.63) is 0 Å². The Balaban J connectivity index is 2.13. The molecule has 0 radical (unpaired) electrons. The minimum atomic E-state index is -0.886. The van der Waals surface area contributed by atoms with E-state index in [9.17, 15) is 14.4 Å². The highest BCUT2D eigenvalue weighted by Gasteiger charge is 2.38. The van der Waals surface area contributed by atoms with Crippen molar-refractivity contribution in [2.24, 2.45) is 17.8 Å². The van der Waals surface area contributed by atoms with Gasteiger partial charge in [-0.05, 0) is 18.8 Å². The third-order valence-electron chi connectivity index (χ3n) is 3.63. The van der Waals surface area contributed by atoms with Crippen LogP contribution in [0.4, 0.5) is 0 Å². The SMILES string of the molecule is CCCC(CNC(=O)CCNC(=O)C1CC1C)C(=O)O. The molecule has 1 aliphatic carbocycles. The number of amides is 2. The average molecular weight is 284 g/mol. The molecular formula is C14H24N2O4. The van der Waals surface area contributed by atoms with Gasteiger partial charge in [0.05, 0.1) is 5.92 Å². The van der Waals surface area contributed by atoms with Gasteiger partial charge in [-0.2, -0.15) is 0 Å². The summed E-state index contributed by atoms with van der Waals surface area (Å²) in [5.41, 5.74) is 0. The lowest BCUT2D eigenvalue weighted by atomic mass is 10.0. The van der Waals surface area contributed by atoms with E-state index in [0.29, 0.717) is 18.9 Å². The molecule has 20 heavy (non-hydrogen) atoms. The zero-order valence-corrected chi connectivity index (χ0v) is 12.1. The minimum Gasteiger partial charge on any atom is -0.481 e. The van der Waals surface area contributed by atoms with E-state index in [2.05, 4.69) is 10.6 Å². The Morgan fingerprint density at radius 1 is 1.30 bits per heavy atom. The maximum Gasteiger partial charge on any atom is 0.308 e. The van der Waals surface area contributed by atoms with Crippen molar-refractivity contribution in [2.75, 3.05) is 13.1 Å². The molecule has 6 heteroatoms. The van der Waals surface area contributed by atoms with Gasteiger partial charge in [0, 0.05) is 25.4 Å². The third kappa shape index (κ3) is 5.59. The van der Waals surface area contributed by atoms with Crippen molar-refractivity contribution in [1.82, 2.24) is 10.6 Å². The zero-order valence-electron chi connectivity index (χ0n) is 12.1. The number of nitrogens with one attached hydrogen (secondary N) is 2. The van der Waals surface area contributed by atoms with E-state index >= 15 is 0 Å². The monoisotopic (exact) mass is 284 g/mol. The number of carbonyl (C=O) groups is 3. The first-order valence-electron chi connectivity index (χ1n) is 7.22. The Morgan fingerprint density at radius 2 is 1.95 bits per heavy atom. The predicted octanol–water partition coefficient (Wildman–Crippen LogP) is 0.766. The first kappa shape index (κ1) is 16.5. The standard InChI is InChI=1S/C14H24N2O4/c1-3-4-10(14(19)20)8-16-12(17)5-6-15-13(18)11-7-9(11)2/h9-11H,3-8H2,1-2H3,(H,15,18)(H,16,17)(H,19,20). The normalized spacial score (nSPS) is 21.9. The van der Waals surface area contributed by atoms with Gasteiger partial charge < -0.3 is 15.7 Å². The van der Waals surface area contributed by atoms with E-state index in [1.165, 1.54) is 0 Å². The summed E-state index contributed by atoms with van der Waals surface area (Å²) in [5.74, 6) is -1.07. The Morgan fingerprint density at radius 3 is 2.45 bits per heavy atom. The Bertz CT molecular complexity index is 370. The summed E-state index contributed by atoms with van der Waals surface area (Å²) >= 11 is 0. The van der Waals surface area contributed by atoms with Crippen molar-refractivity contribution in [2.45, 2.75) is 39.5 Å². The van der Waals surface area contributed by atoms with Crippen molar-refractivity contribution in [3.63, 3.8) is 0 Å². The van der Waals surface area contributed by atoms with Gasteiger partial charge in [0.1, 0.15) is 0 Å². The summed E-state index contributed by atoms with van der Waals surface area (Å²) in [5, 5.41) is 14.3. The second-order valence-corrected chi connectivity index (χ2v) is 5.49. The van der Waals surface area contributed by atoms with Crippen LogP contribution in [0.5, 0.6) is 0 Å². The first-order valence-corrected chi connectivity index (χ1v) is 7.22. The first-order chi connectivity index (χ1) is 9.45. The average Bonchev–Trinajstić information content (AvgIpc) is 3.11. The van der Waals surface area contributed by atoms with Crippen LogP contribution >= 0.6 is 0 Å². The molecule has 0 saturated heterocycles. The van der Waals surface area contributed by atoms with Gasteiger partial charge in [-0.15, -0.1) is 0 Å². The van der Waals surface area contributed by atoms with Crippen LogP contribution in [0.1, 0.15) is 39.5 Å². The molecule has 1 fully saturated rings. The maximum atomic E-state index is 11.6. The van der Waals surface area contributed by atoms with Crippen LogP contribution in [0, 0.1) is 17.8 Å². The van der Waals surface area contributed by atoms with Crippen molar-refractivity contribution < 1.29 is 19.5 Å². The predicted molar refractivity (Wildman–Crippen MR) is 73.9 cm³/mol. The molecule has 0 aliphatic heterocycles. The quantitative estimate of drug-likeness (QED) is 0.582. The number of aliphatic carboxylic acids is 1. The van der Waals surface area contributed by atoms with Gasteiger partial charge >= 0.3 is 5.97 Å². The lowest BCUT2D eigenvalue weighted by Gasteiger charge is -2.12. The molecule has 114 valence electrons. The van der Waals surface area contributed by atoms with Gasteiger partial charge in [0.2, 0.25) is 11.8 Å². The molecule has 0 bridgehead atoms. The van der Waals surface area contributed by atoms with E-state index in [-0.39, 0.29) is 30.7 Å². The fourth-order valence-corrected chi connectivity index (χ4v) is 2.10. The number of hydrogen-bond acceptors (Lipinski definition) is 3. The molecule has 1 saturated carbocycles. The zero-order chi connectivity index (χ0) is 15.1. The van der Waals surface area contributed by atoms with Crippen molar-refractivity contribution in [3.8, 4) is 0 Å². The van der Waals surface area contributed by atoms with Crippen LogP contribution in [0.3, 0.4) is 0 Å². The van der Waals surface area contributed by atoms with Crippen LogP contribution < -0.4 is 10.6 Å². The number of rotatable bonds is 9. The van der Waals surface area contributed by atoms with E-state index in [4.69, 9.17) is 5.11 Å². The molecule has 0 aromatic heterocycles. The smallest absolute Gasteiger partial charge is 0.308 e. The summed E-state index contributed by atoms with van der Waals surface area (Å²) in [6, 6.07) is 0. The summed E-state index contributed by atoms with van der Waals surface area (Å²) < 4.78 is 0. The highest BCUT2D eigenvalue weighted by molar-refractivity contribution is 5.82. The number of carbonyl (C=O) groups excluding carboxylic acids is 2. The minimum absolute atomic E-state index is 0.0136. The van der Waals surface area contributed by atoms with Crippen LogP contribution in [0.15, 0.2) is 0 Å². The lowest BCUT2D eigenvalue weighted by Crippen LogP contribution is -2.35. The molecule has 0 aromatic rings. The summed E-state index contributed by atoms with van der Waals surface area (Å²) in [4.78, 5) is 34.0. The highest BCUT2D eigenvalue weighted by atomic mass is 16.4. The fourth-order valence-electron chi connectivity index (χ4n) is 2.10. The van der Waals surface area contributed by atoms with Crippen LogP contribution in [-0.2, 0) is 14.4 Å². The molecule has 2 amide bonds. The van der Waals surface area contributed by atoms with E-state index < -0.39 is 11.9 Å². The van der Waals surface area contributed by atoms with Crippen molar-refractivity contribution in [1.29, 1.82) is 0 Å². The number of carboxylic acid groups (broad SMARTS) is 1. The van der Waals surface area contributed by atoms with E-state index in [0.717, 1.165) is 12.8 Å². The fraction of sp³-hybridized carbons (Fsp3) is 0.786. The topological polar surface area (TPSA) is 95.5 Å². The second-order valence-electron chi connectivity index (χ2n) is 5.49. The molecule has 3 unspecified atom stereocenters. The molecule has 0 heterocycles. The van der Waals surface area contributed by atoms with Gasteiger partial charge in [-0.3, -0.25) is 14.4 Å². The maximum absolute atomic E-state index is 11.6. The van der Waals surface area contributed by atoms with Gasteiger partial charge in [0.15, 0.2) is 0 Å². The van der Waals surface area contributed by atoms with E-state index in [1.54, 1.807) is 0 Å². The Hall–Kier alpha value is -1.59. The second kappa shape index (κ2) is 7.87. The van der Waals surface area contributed by atoms with Gasteiger partial charge in [0.25, 0.3) is 0 Å². The molecule has 0 spiro atoms. The van der Waals surface area contributed by atoms with Crippen LogP contribution in [-0.4, -0.2) is 36.0 Å². The van der Waals surface area contributed by atoms with Crippen molar-refractivity contribution >= 4 is 17.8 Å². The summed E-state index contributed by atoms with van der Waals surface area (Å²) in [6.45, 7) is 4.39.